The molecule has 32 heavy (non-hydrogen) atoms. The molecule has 1 fully saturated rings. The molecule has 6 nitrogen and oxygen atoms in total. The van der Waals surface area contributed by atoms with Crippen LogP contribution in [-0.4, -0.2) is 29.0 Å². The van der Waals surface area contributed by atoms with Gasteiger partial charge in [-0.25, -0.2) is 0 Å². The predicted molar refractivity (Wildman–Crippen MR) is 128 cm³/mol. The maximum absolute atomic E-state index is 12.8. The number of carbonyl (C=O) groups is 1. The average Bonchev–Trinajstić information content (AvgIpc) is 3.29. The maximum atomic E-state index is 12.8. The topological polar surface area (TPSA) is 71.3 Å². The van der Waals surface area contributed by atoms with Crippen LogP contribution >= 0.6 is 11.8 Å². The van der Waals surface area contributed by atoms with E-state index in [-0.39, 0.29) is 11.8 Å². The molecular formula is C25H24N4O2S. The first kappa shape index (κ1) is 20.6. The number of hydrogen-bond acceptors (Lipinski definition) is 6. The highest BCUT2D eigenvalue weighted by atomic mass is 32.2. The van der Waals surface area contributed by atoms with Gasteiger partial charge < -0.3 is 14.6 Å². The molecule has 0 atom stereocenters. The first-order valence-corrected chi connectivity index (χ1v) is 11.8. The third kappa shape index (κ3) is 4.78. The highest BCUT2D eigenvalue weighted by Gasteiger charge is 2.27. The van der Waals surface area contributed by atoms with Crippen molar-refractivity contribution in [3.8, 4) is 0 Å². The van der Waals surface area contributed by atoms with Gasteiger partial charge >= 0.3 is 0 Å². The van der Waals surface area contributed by atoms with Gasteiger partial charge in [0.25, 0.3) is 6.01 Å². The molecule has 0 bridgehead atoms. The van der Waals surface area contributed by atoms with Crippen molar-refractivity contribution in [1.29, 1.82) is 0 Å². The lowest BCUT2D eigenvalue weighted by molar-refractivity contribution is -0.120. The van der Waals surface area contributed by atoms with Gasteiger partial charge in [0.05, 0.1) is 0 Å². The molecule has 3 heterocycles. The second-order valence-electron chi connectivity index (χ2n) is 7.89. The number of hydrogen-bond donors (Lipinski definition) is 1. The number of carbonyl (C=O) groups excluding carboxylic acids is 1. The van der Waals surface area contributed by atoms with Crippen LogP contribution in [0.4, 0.5) is 11.7 Å². The van der Waals surface area contributed by atoms with Crippen molar-refractivity contribution in [3.63, 3.8) is 0 Å². The van der Waals surface area contributed by atoms with Gasteiger partial charge in [-0.3, -0.25) is 9.78 Å². The number of oxazole rings is 1. The van der Waals surface area contributed by atoms with Gasteiger partial charge in [0.1, 0.15) is 5.52 Å². The number of rotatable bonds is 6. The molecule has 0 aliphatic carbocycles. The molecule has 0 saturated carbocycles. The Kier molecular flexibility index (Phi) is 6.07. The van der Waals surface area contributed by atoms with Gasteiger partial charge in [0.2, 0.25) is 5.91 Å². The first-order valence-electron chi connectivity index (χ1n) is 10.8. The molecule has 1 saturated heterocycles. The van der Waals surface area contributed by atoms with E-state index >= 15 is 0 Å². The van der Waals surface area contributed by atoms with Crippen molar-refractivity contribution in [3.05, 3.63) is 78.6 Å². The predicted octanol–water partition coefficient (Wildman–Crippen LogP) is 5.37. The minimum absolute atomic E-state index is 0.00439. The molecule has 1 N–H and O–H groups in total. The molecule has 1 aliphatic rings. The summed E-state index contributed by atoms with van der Waals surface area (Å²) in [6, 6.07) is 20.5. The first-order chi connectivity index (χ1) is 15.7. The Morgan fingerprint density at radius 2 is 1.88 bits per heavy atom. The Morgan fingerprint density at radius 3 is 2.62 bits per heavy atom. The molecule has 5 rings (SSSR count). The standard InChI is InChI=1S/C25H24N4O2S/c30-24(27-20-7-9-21(10-8-20)32-17-18-4-3-13-26-16-18)19-11-14-29(15-12-19)25-28-22-5-1-2-6-23(22)31-25/h1-10,13,16,19H,11-12,14-15,17H2,(H,27,30). The summed E-state index contributed by atoms with van der Waals surface area (Å²) in [4.78, 5) is 24.8. The van der Waals surface area contributed by atoms with Crippen LogP contribution in [0.5, 0.6) is 0 Å². The summed E-state index contributed by atoms with van der Waals surface area (Å²) in [6.45, 7) is 1.52. The fraction of sp³-hybridized carbons (Fsp3) is 0.240. The number of aromatic nitrogens is 2. The van der Waals surface area contributed by atoms with Crippen LogP contribution in [0.1, 0.15) is 18.4 Å². The molecule has 7 heteroatoms. The lowest BCUT2D eigenvalue weighted by Crippen LogP contribution is -2.38. The lowest BCUT2D eigenvalue weighted by atomic mass is 9.96. The van der Waals surface area contributed by atoms with Crippen LogP contribution in [-0.2, 0) is 10.5 Å². The van der Waals surface area contributed by atoms with E-state index in [1.165, 1.54) is 10.5 Å². The van der Waals surface area contributed by atoms with Crippen LogP contribution in [0, 0.1) is 5.92 Å². The van der Waals surface area contributed by atoms with E-state index in [4.69, 9.17) is 4.42 Å². The Balaban J connectivity index is 1.12. The molecule has 0 radical (unpaired) electrons. The fourth-order valence-electron chi connectivity index (χ4n) is 3.86. The van der Waals surface area contributed by atoms with Crippen molar-refractivity contribution >= 4 is 40.5 Å². The van der Waals surface area contributed by atoms with E-state index in [9.17, 15) is 4.79 Å². The van der Waals surface area contributed by atoms with E-state index in [0.29, 0.717) is 6.01 Å². The van der Waals surface area contributed by atoms with Crippen molar-refractivity contribution in [1.82, 2.24) is 9.97 Å². The highest BCUT2D eigenvalue weighted by Crippen LogP contribution is 2.28. The second kappa shape index (κ2) is 9.44. The third-order valence-electron chi connectivity index (χ3n) is 5.67. The highest BCUT2D eigenvalue weighted by molar-refractivity contribution is 7.98. The summed E-state index contributed by atoms with van der Waals surface area (Å²) in [6.07, 6.45) is 5.23. The van der Waals surface area contributed by atoms with E-state index in [1.54, 1.807) is 18.0 Å². The summed E-state index contributed by atoms with van der Waals surface area (Å²) in [5.74, 6) is 0.950. The molecule has 1 aliphatic heterocycles. The van der Waals surface area contributed by atoms with E-state index in [1.807, 2.05) is 60.8 Å². The molecule has 162 valence electrons. The molecule has 2 aromatic carbocycles. The fourth-order valence-corrected chi connectivity index (χ4v) is 4.69. The number of anilines is 2. The normalized spacial score (nSPS) is 14.6. The van der Waals surface area contributed by atoms with Gasteiger partial charge in [0, 0.05) is 47.7 Å². The summed E-state index contributed by atoms with van der Waals surface area (Å²) in [7, 11) is 0. The number of pyridine rings is 1. The van der Waals surface area contributed by atoms with Crippen molar-refractivity contribution in [2.45, 2.75) is 23.5 Å². The second-order valence-corrected chi connectivity index (χ2v) is 8.94. The van der Waals surface area contributed by atoms with Gasteiger partial charge in [-0.2, -0.15) is 4.98 Å². The number of para-hydroxylation sites is 2. The zero-order chi connectivity index (χ0) is 21.8. The SMILES string of the molecule is O=C(Nc1ccc(SCc2cccnc2)cc1)C1CCN(c2nc3ccccc3o2)CC1. The van der Waals surface area contributed by atoms with Crippen molar-refractivity contribution in [2.24, 2.45) is 5.92 Å². The molecule has 0 spiro atoms. The quantitative estimate of drug-likeness (QED) is 0.403. The van der Waals surface area contributed by atoms with Crippen LogP contribution in [0.2, 0.25) is 0 Å². The molecule has 2 aromatic heterocycles. The minimum atomic E-state index is -0.00439. The largest absolute Gasteiger partial charge is 0.423 e. The number of nitrogens with zero attached hydrogens (tertiary/aromatic N) is 3. The molecule has 0 unspecified atom stereocenters. The Hall–Kier alpha value is -3.32. The smallest absolute Gasteiger partial charge is 0.298 e. The number of benzene rings is 2. The van der Waals surface area contributed by atoms with Crippen LogP contribution in [0.15, 0.2) is 82.4 Å². The molecular weight excluding hydrogens is 420 g/mol. The number of piperidine rings is 1. The van der Waals surface area contributed by atoms with Crippen LogP contribution in [0.3, 0.4) is 0 Å². The van der Waals surface area contributed by atoms with Gasteiger partial charge in [-0.05, 0) is 60.9 Å². The molecule has 4 aromatic rings. The summed E-state index contributed by atoms with van der Waals surface area (Å²) in [5.41, 5.74) is 3.69. The van der Waals surface area contributed by atoms with E-state index < -0.39 is 0 Å². The average molecular weight is 445 g/mol. The van der Waals surface area contributed by atoms with Crippen molar-refractivity contribution < 1.29 is 9.21 Å². The number of thioether (sulfide) groups is 1. The molecule has 1 amide bonds. The van der Waals surface area contributed by atoms with Crippen LogP contribution < -0.4 is 10.2 Å². The Bertz CT molecular complexity index is 1150. The summed E-state index contributed by atoms with van der Waals surface area (Å²) in [5, 5.41) is 3.07. The Labute approximate surface area is 191 Å². The van der Waals surface area contributed by atoms with Gasteiger partial charge in [-0.15, -0.1) is 11.8 Å². The zero-order valence-corrected chi connectivity index (χ0v) is 18.4. The maximum Gasteiger partial charge on any atom is 0.298 e. The number of nitrogens with one attached hydrogen (secondary N) is 1. The number of fused-ring (bicyclic) bond motifs is 1. The van der Waals surface area contributed by atoms with E-state index in [0.717, 1.165) is 48.5 Å². The summed E-state index contributed by atoms with van der Waals surface area (Å²) < 4.78 is 5.87. The number of amides is 1. The van der Waals surface area contributed by atoms with Crippen molar-refractivity contribution in [2.75, 3.05) is 23.3 Å². The minimum Gasteiger partial charge on any atom is -0.423 e. The van der Waals surface area contributed by atoms with Gasteiger partial charge in [0.15, 0.2) is 5.58 Å². The third-order valence-corrected chi connectivity index (χ3v) is 6.75. The van der Waals surface area contributed by atoms with E-state index in [2.05, 4.69) is 26.3 Å². The van der Waals surface area contributed by atoms with Crippen LogP contribution in [0.25, 0.3) is 11.1 Å². The lowest BCUT2D eigenvalue weighted by Gasteiger charge is -2.30. The van der Waals surface area contributed by atoms with Gasteiger partial charge in [-0.1, -0.05) is 18.2 Å². The monoisotopic (exact) mass is 444 g/mol. The zero-order valence-electron chi connectivity index (χ0n) is 17.6. The Morgan fingerprint density at radius 1 is 1.06 bits per heavy atom. The summed E-state index contributed by atoms with van der Waals surface area (Å²) >= 11 is 1.76.